The molecule has 0 N–H and O–H groups in total. The van der Waals surface area contributed by atoms with Crippen LogP contribution in [-0.2, 0) is 42.8 Å². The SMILES string of the molecule is COC(=O)C[C@@H](OC(C)=O)[C@H](OC(C)=O)[C@H]1[C@H]2OC(C)(C)O[C@H]2CN1C(=O)OC(C)(C)C. The second-order valence-corrected chi connectivity index (χ2v) is 9.26. The molecule has 0 aliphatic carbocycles. The number of hydrogen-bond acceptors (Lipinski definition) is 10. The lowest BCUT2D eigenvalue weighted by Gasteiger charge is -2.37. The van der Waals surface area contributed by atoms with Crippen LogP contribution in [0.4, 0.5) is 4.79 Å². The van der Waals surface area contributed by atoms with Crippen LogP contribution in [0, 0.1) is 0 Å². The van der Waals surface area contributed by atoms with Crippen molar-refractivity contribution in [3.63, 3.8) is 0 Å². The molecular formula is C21H33NO10. The van der Waals surface area contributed by atoms with Crippen molar-refractivity contribution in [2.45, 2.75) is 96.7 Å². The molecule has 5 atom stereocenters. The number of hydrogen-bond donors (Lipinski definition) is 0. The third-order valence-electron chi connectivity index (χ3n) is 4.84. The molecule has 0 bridgehead atoms. The Balaban J connectivity index is 2.49. The van der Waals surface area contributed by atoms with Gasteiger partial charge >= 0.3 is 24.0 Å². The average Bonchev–Trinajstić information content (AvgIpc) is 3.08. The smallest absolute Gasteiger partial charge is 0.410 e. The molecule has 2 fully saturated rings. The maximum atomic E-state index is 13.0. The quantitative estimate of drug-likeness (QED) is 0.426. The van der Waals surface area contributed by atoms with Crippen molar-refractivity contribution >= 4 is 24.0 Å². The molecule has 0 spiro atoms. The summed E-state index contributed by atoms with van der Waals surface area (Å²) in [6.07, 6.45) is -4.82. The molecule has 2 aliphatic rings. The van der Waals surface area contributed by atoms with Crippen LogP contribution in [0.1, 0.15) is 54.9 Å². The molecule has 0 radical (unpaired) electrons. The van der Waals surface area contributed by atoms with Gasteiger partial charge in [0.05, 0.1) is 20.1 Å². The number of amides is 1. The lowest BCUT2D eigenvalue weighted by atomic mass is 9.97. The molecule has 2 aliphatic heterocycles. The highest BCUT2D eigenvalue weighted by Gasteiger charge is 2.59. The van der Waals surface area contributed by atoms with Crippen LogP contribution in [0.5, 0.6) is 0 Å². The number of rotatable bonds is 6. The van der Waals surface area contributed by atoms with E-state index in [0.29, 0.717) is 0 Å². The van der Waals surface area contributed by atoms with Gasteiger partial charge in [0.1, 0.15) is 23.9 Å². The first-order valence-electron chi connectivity index (χ1n) is 10.4. The van der Waals surface area contributed by atoms with E-state index in [1.165, 1.54) is 18.9 Å². The van der Waals surface area contributed by atoms with Crippen LogP contribution in [0.3, 0.4) is 0 Å². The summed E-state index contributed by atoms with van der Waals surface area (Å²) in [5.41, 5.74) is -0.793. The van der Waals surface area contributed by atoms with Gasteiger partial charge in [0.15, 0.2) is 18.0 Å². The molecule has 0 saturated carbocycles. The van der Waals surface area contributed by atoms with E-state index in [1.54, 1.807) is 34.6 Å². The van der Waals surface area contributed by atoms with Gasteiger partial charge in [-0.15, -0.1) is 0 Å². The maximum Gasteiger partial charge on any atom is 0.410 e. The Morgan fingerprint density at radius 3 is 2.16 bits per heavy atom. The number of ether oxygens (including phenoxy) is 6. The summed E-state index contributed by atoms with van der Waals surface area (Å²) in [6.45, 7) is 11.0. The van der Waals surface area contributed by atoms with Crippen molar-refractivity contribution in [2.75, 3.05) is 13.7 Å². The Hall–Kier alpha value is -2.40. The molecule has 32 heavy (non-hydrogen) atoms. The summed E-state index contributed by atoms with van der Waals surface area (Å²) in [5.74, 6) is -3.02. The van der Waals surface area contributed by atoms with E-state index in [0.717, 1.165) is 6.92 Å². The zero-order valence-corrected chi connectivity index (χ0v) is 19.8. The number of methoxy groups -OCH3 is 1. The van der Waals surface area contributed by atoms with Crippen molar-refractivity contribution in [3.8, 4) is 0 Å². The van der Waals surface area contributed by atoms with Gasteiger partial charge in [0, 0.05) is 13.8 Å². The second-order valence-electron chi connectivity index (χ2n) is 9.26. The monoisotopic (exact) mass is 459 g/mol. The molecule has 1 amide bonds. The van der Waals surface area contributed by atoms with Crippen LogP contribution in [0.15, 0.2) is 0 Å². The minimum Gasteiger partial charge on any atom is -0.469 e. The van der Waals surface area contributed by atoms with Crippen molar-refractivity contribution in [3.05, 3.63) is 0 Å². The Labute approximate surface area is 187 Å². The van der Waals surface area contributed by atoms with E-state index in [-0.39, 0.29) is 6.54 Å². The van der Waals surface area contributed by atoms with E-state index in [1.807, 2.05) is 0 Å². The molecule has 0 unspecified atom stereocenters. The standard InChI is InChI=1S/C21H33NO10/c1-11(23)28-13(9-15(25)27-8)17(29-12(2)24)16-18-14(30-21(6,7)31-18)10-22(16)19(26)32-20(3,4)5/h13-14,16-18H,9-10H2,1-8H3/t13-,14+,16+,17+,18+/m1/s1. The van der Waals surface area contributed by atoms with Crippen molar-refractivity contribution in [1.29, 1.82) is 0 Å². The van der Waals surface area contributed by atoms with Gasteiger partial charge in [-0.05, 0) is 34.6 Å². The minimum absolute atomic E-state index is 0.0937. The largest absolute Gasteiger partial charge is 0.469 e. The van der Waals surface area contributed by atoms with Gasteiger partial charge in [-0.2, -0.15) is 0 Å². The average molecular weight is 459 g/mol. The highest BCUT2D eigenvalue weighted by molar-refractivity contribution is 5.73. The molecule has 11 heteroatoms. The fraction of sp³-hybridized carbons (Fsp3) is 0.810. The molecule has 182 valence electrons. The number of nitrogens with zero attached hydrogens (tertiary/aromatic N) is 1. The molecule has 2 rings (SSSR count). The van der Waals surface area contributed by atoms with E-state index in [4.69, 9.17) is 28.4 Å². The molecule has 2 heterocycles. The number of fused-ring (bicyclic) bond motifs is 1. The summed E-state index contributed by atoms with van der Waals surface area (Å²) in [7, 11) is 1.18. The van der Waals surface area contributed by atoms with Gasteiger partial charge in [-0.1, -0.05) is 0 Å². The topological polar surface area (TPSA) is 127 Å². The minimum atomic E-state index is -1.24. The number of likely N-dealkylation sites (tertiary alicyclic amines) is 1. The Bertz CT molecular complexity index is 743. The third kappa shape index (κ3) is 6.55. The first-order valence-corrected chi connectivity index (χ1v) is 10.4. The van der Waals surface area contributed by atoms with Crippen molar-refractivity contribution < 1.29 is 47.6 Å². The predicted molar refractivity (Wildman–Crippen MR) is 108 cm³/mol. The van der Waals surface area contributed by atoms with Gasteiger partial charge in [-0.3, -0.25) is 19.3 Å². The van der Waals surface area contributed by atoms with Crippen molar-refractivity contribution in [1.82, 2.24) is 4.90 Å². The maximum absolute atomic E-state index is 13.0. The summed E-state index contributed by atoms with van der Waals surface area (Å²) >= 11 is 0. The fourth-order valence-corrected chi connectivity index (χ4v) is 3.91. The van der Waals surface area contributed by atoms with Crippen LogP contribution in [0.25, 0.3) is 0 Å². The summed E-state index contributed by atoms with van der Waals surface area (Å²) in [6, 6.07) is -0.950. The first-order chi connectivity index (χ1) is 14.6. The second kappa shape index (κ2) is 9.62. The first kappa shape index (κ1) is 25.9. The number of carbonyl (C=O) groups excluding carboxylic acids is 4. The molecule has 0 aromatic carbocycles. The highest BCUT2D eigenvalue weighted by Crippen LogP contribution is 2.40. The Morgan fingerprint density at radius 1 is 1.06 bits per heavy atom. The predicted octanol–water partition coefficient (Wildman–Crippen LogP) is 1.55. The Kier molecular flexibility index (Phi) is 7.77. The summed E-state index contributed by atoms with van der Waals surface area (Å²) in [4.78, 5) is 50.2. The molecular weight excluding hydrogens is 426 g/mol. The molecule has 11 nitrogen and oxygen atoms in total. The van der Waals surface area contributed by atoms with Crippen LogP contribution >= 0.6 is 0 Å². The lowest BCUT2D eigenvalue weighted by Crippen LogP contribution is -2.56. The summed E-state index contributed by atoms with van der Waals surface area (Å²) < 4.78 is 33.0. The van der Waals surface area contributed by atoms with Crippen LogP contribution in [-0.4, -0.2) is 84.4 Å². The normalized spacial score (nSPS) is 26.0. The van der Waals surface area contributed by atoms with Crippen molar-refractivity contribution in [2.24, 2.45) is 0 Å². The number of carbonyl (C=O) groups is 4. The highest BCUT2D eigenvalue weighted by atomic mass is 16.8. The zero-order chi connectivity index (χ0) is 24.4. The van der Waals surface area contributed by atoms with Crippen LogP contribution in [0.2, 0.25) is 0 Å². The van der Waals surface area contributed by atoms with E-state index in [9.17, 15) is 19.2 Å². The van der Waals surface area contributed by atoms with Gasteiger partial charge in [0.2, 0.25) is 0 Å². The van der Waals surface area contributed by atoms with Gasteiger partial charge in [-0.25, -0.2) is 4.79 Å². The molecule has 2 saturated heterocycles. The zero-order valence-electron chi connectivity index (χ0n) is 19.8. The third-order valence-corrected chi connectivity index (χ3v) is 4.84. The number of esters is 3. The van der Waals surface area contributed by atoms with E-state index in [2.05, 4.69) is 0 Å². The Morgan fingerprint density at radius 2 is 1.66 bits per heavy atom. The van der Waals surface area contributed by atoms with Gasteiger partial charge in [0.25, 0.3) is 0 Å². The summed E-state index contributed by atoms with van der Waals surface area (Å²) in [5, 5.41) is 0. The lowest BCUT2D eigenvalue weighted by molar-refractivity contribution is -0.188. The van der Waals surface area contributed by atoms with Crippen LogP contribution < -0.4 is 0 Å². The van der Waals surface area contributed by atoms with Gasteiger partial charge < -0.3 is 28.4 Å². The molecule has 0 aromatic heterocycles. The molecule has 0 aromatic rings. The van der Waals surface area contributed by atoms with E-state index >= 15 is 0 Å². The fourth-order valence-electron chi connectivity index (χ4n) is 3.91. The van der Waals surface area contributed by atoms with E-state index < -0.39 is 72.3 Å².